The van der Waals surface area contributed by atoms with E-state index in [1.807, 2.05) is 0 Å². The van der Waals surface area contributed by atoms with Gasteiger partial charge in [0.25, 0.3) is 5.91 Å². The number of nitrogens with zero attached hydrogens (tertiary/aromatic N) is 1. The van der Waals surface area contributed by atoms with Gasteiger partial charge in [-0.2, -0.15) is 0 Å². The van der Waals surface area contributed by atoms with Gasteiger partial charge in [0.1, 0.15) is 5.00 Å². The van der Waals surface area contributed by atoms with Crippen LogP contribution in [-0.4, -0.2) is 29.9 Å². The Bertz CT molecular complexity index is 865. The Morgan fingerprint density at radius 3 is 2.56 bits per heavy atom. The number of fused-ring (bicyclic) bond motifs is 1. The Balaban J connectivity index is 1.87. The highest BCUT2D eigenvalue weighted by Gasteiger charge is 2.35. The Morgan fingerprint density at radius 1 is 1.30 bits per heavy atom. The van der Waals surface area contributed by atoms with E-state index in [1.165, 1.54) is 11.3 Å². The molecule has 0 aliphatic carbocycles. The lowest BCUT2D eigenvalue weighted by Crippen LogP contribution is -2.39. The first-order valence-corrected chi connectivity index (χ1v) is 10.0. The SMILES string of the molecule is CCC1Cc2sc(NC(=O)Nc3ccc(Cl)cc3)c(C(N)=O)c2C(C)N1C. The molecule has 3 rings (SSSR count). The van der Waals surface area contributed by atoms with Crippen molar-refractivity contribution in [3.63, 3.8) is 0 Å². The summed E-state index contributed by atoms with van der Waals surface area (Å²) in [6.45, 7) is 4.22. The number of thiophene rings is 1. The lowest BCUT2D eigenvalue weighted by molar-refractivity contribution is 0.0994. The second kappa shape index (κ2) is 7.88. The zero-order chi connectivity index (χ0) is 19.7. The smallest absolute Gasteiger partial charge is 0.324 e. The van der Waals surface area contributed by atoms with Crippen LogP contribution in [0.5, 0.6) is 0 Å². The maximum Gasteiger partial charge on any atom is 0.324 e. The van der Waals surface area contributed by atoms with Gasteiger partial charge in [-0.25, -0.2) is 4.79 Å². The number of amides is 3. The minimum atomic E-state index is -0.524. The third-order valence-corrected chi connectivity index (χ3v) is 6.49. The van der Waals surface area contributed by atoms with Crippen molar-refractivity contribution in [2.24, 2.45) is 5.73 Å². The fourth-order valence-corrected chi connectivity index (χ4v) is 5.01. The van der Waals surface area contributed by atoms with Gasteiger partial charge in [-0.05, 0) is 56.6 Å². The van der Waals surface area contributed by atoms with E-state index in [0.29, 0.717) is 27.3 Å². The molecule has 2 aromatic rings. The maximum atomic E-state index is 12.4. The quantitative estimate of drug-likeness (QED) is 0.699. The summed E-state index contributed by atoms with van der Waals surface area (Å²) in [5.74, 6) is -0.524. The molecular weight excluding hydrogens is 384 g/mol. The van der Waals surface area contributed by atoms with Crippen LogP contribution in [0.3, 0.4) is 0 Å². The molecule has 6 nitrogen and oxygen atoms in total. The molecule has 0 fully saturated rings. The number of halogens is 1. The number of urea groups is 1. The summed E-state index contributed by atoms with van der Waals surface area (Å²) in [5, 5.41) is 6.62. The van der Waals surface area contributed by atoms with Crippen LogP contribution in [0.15, 0.2) is 24.3 Å². The van der Waals surface area contributed by atoms with E-state index in [-0.39, 0.29) is 6.04 Å². The fraction of sp³-hybridized carbons (Fsp3) is 0.368. The number of rotatable bonds is 4. The molecule has 0 radical (unpaired) electrons. The van der Waals surface area contributed by atoms with Crippen molar-refractivity contribution in [1.82, 2.24) is 4.90 Å². The molecule has 0 saturated carbocycles. The molecule has 1 aromatic heterocycles. The van der Waals surface area contributed by atoms with Crippen LogP contribution in [0, 0.1) is 0 Å². The molecule has 1 aromatic carbocycles. The van der Waals surface area contributed by atoms with Crippen molar-refractivity contribution in [2.75, 3.05) is 17.7 Å². The predicted octanol–water partition coefficient (Wildman–Crippen LogP) is 4.47. The monoisotopic (exact) mass is 406 g/mol. The van der Waals surface area contributed by atoms with E-state index in [9.17, 15) is 9.59 Å². The Hall–Kier alpha value is -2.09. The Kier molecular flexibility index (Phi) is 5.74. The topological polar surface area (TPSA) is 87.5 Å². The Labute approximate surface area is 167 Å². The van der Waals surface area contributed by atoms with E-state index in [2.05, 4.69) is 36.4 Å². The molecule has 1 aliphatic rings. The second-order valence-corrected chi connectivity index (χ2v) is 8.24. The van der Waals surface area contributed by atoms with Crippen molar-refractivity contribution in [3.8, 4) is 0 Å². The standard InChI is InChI=1S/C19H23ClN4O2S/c1-4-13-9-14-15(10(2)24(13)3)16(17(21)25)18(27-14)23-19(26)22-12-7-5-11(20)6-8-12/h5-8,10,13H,4,9H2,1-3H3,(H2,21,25)(H2,22,23,26). The molecule has 0 spiro atoms. The minimum absolute atomic E-state index is 0.0623. The highest BCUT2D eigenvalue weighted by molar-refractivity contribution is 7.17. The minimum Gasteiger partial charge on any atom is -0.365 e. The fourth-order valence-electron chi connectivity index (χ4n) is 3.53. The molecule has 8 heteroatoms. The summed E-state index contributed by atoms with van der Waals surface area (Å²) in [4.78, 5) is 27.9. The number of nitrogens with one attached hydrogen (secondary N) is 2. The number of hydrogen-bond acceptors (Lipinski definition) is 4. The normalized spacial score (nSPS) is 19.4. The number of nitrogens with two attached hydrogens (primary N) is 1. The molecule has 2 heterocycles. The number of primary amides is 1. The van der Waals surface area contributed by atoms with Crippen molar-refractivity contribution in [3.05, 3.63) is 45.3 Å². The summed E-state index contributed by atoms with van der Waals surface area (Å²) >= 11 is 7.29. The number of likely N-dealkylation sites (N-methyl/N-ethyl adjacent to an activating group) is 1. The molecule has 2 atom stereocenters. The lowest BCUT2D eigenvalue weighted by atomic mass is 9.91. The highest BCUT2D eigenvalue weighted by Crippen LogP contribution is 2.43. The molecule has 27 heavy (non-hydrogen) atoms. The maximum absolute atomic E-state index is 12.4. The van der Waals surface area contributed by atoms with E-state index >= 15 is 0 Å². The van der Waals surface area contributed by atoms with Crippen molar-refractivity contribution >= 4 is 45.6 Å². The third kappa shape index (κ3) is 3.95. The average molecular weight is 407 g/mol. The van der Waals surface area contributed by atoms with Crippen LogP contribution in [-0.2, 0) is 6.42 Å². The lowest BCUT2D eigenvalue weighted by Gasteiger charge is -2.37. The summed E-state index contributed by atoms with van der Waals surface area (Å²) in [7, 11) is 2.06. The highest BCUT2D eigenvalue weighted by atomic mass is 35.5. The van der Waals surface area contributed by atoms with Crippen LogP contribution in [0.25, 0.3) is 0 Å². The molecule has 0 bridgehead atoms. The number of carbonyl (C=O) groups excluding carboxylic acids is 2. The molecule has 3 amide bonds. The van der Waals surface area contributed by atoms with Gasteiger partial charge < -0.3 is 11.1 Å². The van der Waals surface area contributed by atoms with E-state index in [1.54, 1.807) is 24.3 Å². The van der Waals surface area contributed by atoms with Crippen LogP contribution in [0.4, 0.5) is 15.5 Å². The van der Waals surface area contributed by atoms with Gasteiger partial charge in [0.2, 0.25) is 0 Å². The number of anilines is 2. The largest absolute Gasteiger partial charge is 0.365 e. The number of benzene rings is 1. The van der Waals surface area contributed by atoms with Gasteiger partial charge in [-0.3, -0.25) is 15.0 Å². The zero-order valence-electron chi connectivity index (χ0n) is 15.5. The average Bonchev–Trinajstić information content (AvgIpc) is 2.98. The summed E-state index contributed by atoms with van der Waals surface area (Å²) in [5.41, 5.74) is 7.62. The van der Waals surface area contributed by atoms with E-state index in [4.69, 9.17) is 17.3 Å². The summed E-state index contributed by atoms with van der Waals surface area (Å²) < 4.78 is 0. The third-order valence-electron chi connectivity index (χ3n) is 5.09. The van der Waals surface area contributed by atoms with Crippen LogP contribution in [0.1, 0.15) is 47.1 Å². The summed E-state index contributed by atoms with van der Waals surface area (Å²) in [6, 6.07) is 6.84. The van der Waals surface area contributed by atoms with Gasteiger partial charge in [-0.15, -0.1) is 11.3 Å². The van der Waals surface area contributed by atoms with E-state index < -0.39 is 11.9 Å². The molecule has 0 saturated heterocycles. The Morgan fingerprint density at radius 2 is 1.96 bits per heavy atom. The van der Waals surface area contributed by atoms with Gasteiger partial charge in [0, 0.05) is 27.7 Å². The van der Waals surface area contributed by atoms with Gasteiger partial charge in [0.05, 0.1) is 5.56 Å². The second-order valence-electron chi connectivity index (χ2n) is 6.70. The van der Waals surface area contributed by atoms with Crippen LogP contribution < -0.4 is 16.4 Å². The first kappa shape index (κ1) is 19.7. The zero-order valence-corrected chi connectivity index (χ0v) is 17.1. The van der Waals surface area contributed by atoms with Gasteiger partial charge in [0.15, 0.2) is 0 Å². The van der Waals surface area contributed by atoms with Crippen LogP contribution >= 0.6 is 22.9 Å². The van der Waals surface area contributed by atoms with Crippen molar-refractivity contribution in [2.45, 2.75) is 38.8 Å². The molecule has 2 unspecified atom stereocenters. The van der Waals surface area contributed by atoms with Crippen molar-refractivity contribution < 1.29 is 9.59 Å². The molecule has 4 N–H and O–H groups in total. The van der Waals surface area contributed by atoms with Gasteiger partial charge in [-0.1, -0.05) is 18.5 Å². The molecular formula is C19H23ClN4O2S. The molecule has 144 valence electrons. The summed E-state index contributed by atoms with van der Waals surface area (Å²) in [6.07, 6.45) is 1.86. The molecule has 1 aliphatic heterocycles. The predicted molar refractivity (Wildman–Crippen MR) is 111 cm³/mol. The first-order chi connectivity index (χ1) is 12.8. The number of hydrogen-bond donors (Lipinski definition) is 3. The first-order valence-electron chi connectivity index (χ1n) is 8.82. The van der Waals surface area contributed by atoms with Crippen LogP contribution in [0.2, 0.25) is 5.02 Å². The van der Waals surface area contributed by atoms with E-state index in [0.717, 1.165) is 23.3 Å². The van der Waals surface area contributed by atoms with Gasteiger partial charge >= 0.3 is 6.03 Å². The number of carbonyl (C=O) groups is 2. The van der Waals surface area contributed by atoms with Crippen molar-refractivity contribution in [1.29, 1.82) is 0 Å².